The zero-order valence-corrected chi connectivity index (χ0v) is 17.3. The Labute approximate surface area is 181 Å². The lowest BCUT2D eigenvalue weighted by Crippen LogP contribution is -2.30. The Morgan fingerprint density at radius 1 is 1.03 bits per heavy atom. The van der Waals surface area contributed by atoms with Gasteiger partial charge in [0.05, 0.1) is 16.5 Å². The van der Waals surface area contributed by atoms with Crippen LogP contribution in [0.25, 0.3) is 0 Å². The second-order valence-corrected chi connectivity index (χ2v) is 8.22. The van der Waals surface area contributed by atoms with Crippen molar-refractivity contribution in [2.24, 2.45) is 5.92 Å². The first-order valence-electron chi connectivity index (χ1n) is 10.6. The first-order chi connectivity index (χ1) is 15.1. The van der Waals surface area contributed by atoms with Gasteiger partial charge in [-0.25, -0.2) is 0 Å². The first kappa shape index (κ1) is 19.4. The van der Waals surface area contributed by atoms with Gasteiger partial charge in [-0.05, 0) is 42.5 Å². The number of benzene rings is 3. The predicted molar refractivity (Wildman–Crippen MR) is 121 cm³/mol. The molecule has 0 spiro atoms. The van der Waals surface area contributed by atoms with Crippen molar-refractivity contribution in [3.8, 4) is 5.75 Å². The molecule has 3 unspecified atom stereocenters. The Balaban J connectivity index is 1.52. The lowest BCUT2D eigenvalue weighted by Gasteiger charge is -2.38. The highest BCUT2D eigenvalue weighted by molar-refractivity contribution is 5.69. The number of nitro benzene ring substituents is 1. The first-order valence-corrected chi connectivity index (χ1v) is 10.6. The minimum atomic E-state index is -0.306. The van der Waals surface area contributed by atoms with Crippen molar-refractivity contribution in [2.45, 2.75) is 31.9 Å². The van der Waals surface area contributed by atoms with Crippen LogP contribution in [0.2, 0.25) is 0 Å². The van der Waals surface area contributed by atoms with Gasteiger partial charge in [-0.15, -0.1) is 0 Å². The molecule has 3 atom stereocenters. The largest absolute Gasteiger partial charge is 0.489 e. The van der Waals surface area contributed by atoms with Crippen molar-refractivity contribution in [2.75, 3.05) is 5.32 Å². The summed E-state index contributed by atoms with van der Waals surface area (Å²) in [6.45, 7) is 2.33. The van der Waals surface area contributed by atoms with E-state index in [0.29, 0.717) is 18.1 Å². The highest BCUT2D eigenvalue weighted by Gasteiger charge is 2.40. The molecule has 3 aromatic rings. The fraction of sp³-hybridized carbons (Fsp3) is 0.231. The van der Waals surface area contributed by atoms with E-state index in [0.717, 1.165) is 34.5 Å². The molecule has 3 aromatic carbocycles. The fourth-order valence-electron chi connectivity index (χ4n) is 4.91. The smallest absolute Gasteiger partial charge is 0.274 e. The number of hydrogen-bond donors (Lipinski definition) is 1. The molecule has 0 fully saturated rings. The van der Waals surface area contributed by atoms with Crippen molar-refractivity contribution in [3.05, 3.63) is 111 Å². The van der Waals surface area contributed by atoms with E-state index in [4.69, 9.17) is 4.74 Å². The molecular formula is C26H24N2O3. The van der Waals surface area contributed by atoms with Crippen LogP contribution < -0.4 is 10.1 Å². The van der Waals surface area contributed by atoms with Crippen molar-refractivity contribution in [1.29, 1.82) is 0 Å². The minimum Gasteiger partial charge on any atom is -0.489 e. The summed E-state index contributed by atoms with van der Waals surface area (Å²) in [5, 5.41) is 15.2. The number of fused-ring (bicyclic) bond motifs is 3. The molecule has 156 valence electrons. The molecule has 1 aliphatic carbocycles. The van der Waals surface area contributed by atoms with Crippen molar-refractivity contribution >= 4 is 11.4 Å². The van der Waals surface area contributed by atoms with Crippen LogP contribution in [-0.4, -0.2) is 4.92 Å². The molecule has 0 aromatic heterocycles. The van der Waals surface area contributed by atoms with Crippen LogP contribution in [0.4, 0.5) is 11.4 Å². The number of rotatable bonds is 5. The highest BCUT2D eigenvalue weighted by Crippen LogP contribution is 2.52. The summed E-state index contributed by atoms with van der Waals surface area (Å²) < 4.78 is 6.24. The minimum absolute atomic E-state index is 0.0141. The maximum Gasteiger partial charge on any atom is 0.274 e. The van der Waals surface area contributed by atoms with Crippen molar-refractivity contribution in [3.63, 3.8) is 0 Å². The zero-order chi connectivity index (χ0) is 21.4. The van der Waals surface area contributed by atoms with E-state index >= 15 is 0 Å². The summed E-state index contributed by atoms with van der Waals surface area (Å²) in [7, 11) is 0. The van der Waals surface area contributed by atoms with Crippen LogP contribution in [0.3, 0.4) is 0 Å². The fourth-order valence-corrected chi connectivity index (χ4v) is 4.91. The monoisotopic (exact) mass is 412 g/mol. The molecule has 5 nitrogen and oxygen atoms in total. The number of hydrogen-bond acceptors (Lipinski definition) is 4. The van der Waals surface area contributed by atoms with Gasteiger partial charge in [0.2, 0.25) is 0 Å². The number of ether oxygens (including phenoxy) is 1. The average Bonchev–Trinajstić information content (AvgIpc) is 3.28. The van der Waals surface area contributed by atoms with Gasteiger partial charge < -0.3 is 10.1 Å². The molecule has 2 aliphatic rings. The maximum atomic E-state index is 11.5. The van der Waals surface area contributed by atoms with Crippen molar-refractivity contribution in [1.82, 2.24) is 0 Å². The molecule has 0 saturated heterocycles. The maximum absolute atomic E-state index is 11.5. The van der Waals surface area contributed by atoms with E-state index < -0.39 is 0 Å². The third kappa shape index (κ3) is 3.46. The van der Waals surface area contributed by atoms with Crippen LogP contribution in [0.1, 0.15) is 40.6 Å². The summed E-state index contributed by atoms with van der Waals surface area (Å²) in [4.78, 5) is 11.2. The lowest BCUT2D eigenvalue weighted by molar-refractivity contribution is -0.385. The van der Waals surface area contributed by atoms with E-state index in [2.05, 4.69) is 35.7 Å². The Kier molecular flexibility index (Phi) is 4.94. The Bertz CT molecular complexity index is 1160. The standard InChI is InChI=1S/C26H24N2O3/c1-17-23(28(29)30)15-14-21-19-11-7-12-20(19)26(27-25(17)21)22-10-5-6-13-24(22)31-16-18-8-3-2-4-9-18/h2-11,13-15,19-20,26-27H,12,16H2,1H3. The molecule has 1 aliphatic heterocycles. The number of nitro groups is 1. The molecule has 0 bridgehead atoms. The lowest BCUT2D eigenvalue weighted by atomic mass is 9.76. The molecule has 0 saturated carbocycles. The number of nitrogens with one attached hydrogen (secondary N) is 1. The van der Waals surface area contributed by atoms with Gasteiger partial charge in [0.15, 0.2) is 0 Å². The van der Waals surface area contributed by atoms with E-state index in [1.807, 2.05) is 49.4 Å². The Morgan fingerprint density at radius 3 is 2.61 bits per heavy atom. The van der Waals surface area contributed by atoms with Gasteiger partial charge in [0.25, 0.3) is 5.69 Å². The zero-order valence-electron chi connectivity index (χ0n) is 17.3. The van der Waals surface area contributed by atoms with Gasteiger partial charge >= 0.3 is 0 Å². The van der Waals surface area contributed by atoms with Crippen molar-refractivity contribution < 1.29 is 9.66 Å². The summed E-state index contributed by atoms with van der Waals surface area (Å²) in [5.74, 6) is 1.43. The SMILES string of the molecule is Cc1c([N+](=O)[O-])ccc2c1NC(c1ccccc1OCc1ccccc1)C1CC=CC21. The Morgan fingerprint density at radius 2 is 1.81 bits per heavy atom. The second-order valence-electron chi connectivity index (χ2n) is 8.22. The second kappa shape index (κ2) is 7.91. The molecular weight excluding hydrogens is 388 g/mol. The normalized spacial score (nSPS) is 21.1. The Hall–Kier alpha value is -3.60. The van der Waals surface area contributed by atoms with Crippen LogP contribution in [0.15, 0.2) is 78.9 Å². The van der Waals surface area contributed by atoms with Gasteiger partial charge in [0, 0.05) is 23.2 Å². The van der Waals surface area contributed by atoms with E-state index in [1.165, 1.54) is 0 Å². The number of nitrogens with zero attached hydrogens (tertiary/aromatic N) is 1. The number of para-hydroxylation sites is 1. The highest BCUT2D eigenvalue weighted by atomic mass is 16.6. The van der Waals surface area contributed by atoms with Crippen LogP contribution in [0.5, 0.6) is 5.75 Å². The van der Waals surface area contributed by atoms with Gasteiger partial charge in [-0.2, -0.15) is 0 Å². The van der Waals surface area contributed by atoms with Crippen LogP contribution in [-0.2, 0) is 6.61 Å². The molecule has 31 heavy (non-hydrogen) atoms. The molecule has 5 rings (SSSR count). The quantitative estimate of drug-likeness (QED) is 0.303. The molecule has 0 radical (unpaired) electrons. The van der Waals surface area contributed by atoms with E-state index in [9.17, 15) is 10.1 Å². The van der Waals surface area contributed by atoms with Gasteiger partial charge in [-0.3, -0.25) is 10.1 Å². The van der Waals surface area contributed by atoms with Crippen LogP contribution >= 0.6 is 0 Å². The van der Waals surface area contributed by atoms with E-state index in [1.54, 1.807) is 6.07 Å². The topological polar surface area (TPSA) is 64.4 Å². The average molecular weight is 412 g/mol. The predicted octanol–water partition coefficient (Wildman–Crippen LogP) is 6.31. The summed E-state index contributed by atoms with van der Waals surface area (Å²) in [5.41, 5.74) is 5.07. The third-order valence-corrected chi connectivity index (χ3v) is 6.46. The van der Waals surface area contributed by atoms with Crippen LogP contribution in [0, 0.1) is 23.0 Å². The van der Waals surface area contributed by atoms with E-state index in [-0.39, 0.29) is 22.6 Å². The number of allylic oxidation sites excluding steroid dienone is 2. The summed E-state index contributed by atoms with van der Waals surface area (Å²) in [6, 6.07) is 21.8. The summed E-state index contributed by atoms with van der Waals surface area (Å²) >= 11 is 0. The summed E-state index contributed by atoms with van der Waals surface area (Å²) in [6.07, 6.45) is 5.43. The molecule has 0 amide bonds. The molecule has 1 N–H and O–H groups in total. The van der Waals surface area contributed by atoms with Gasteiger partial charge in [-0.1, -0.05) is 60.7 Å². The third-order valence-electron chi connectivity index (χ3n) is 6.46. The molecule has 5 heteroatoms. The number of anilines is 1. The van der Waals surface area contributed by atoms with Gasteiger partial charge in [0.1, 0.15) is 12.4 Å². The molecule has 1 heterocycles.